The second-order valence-electron chi connectivity index (χ2n) is 4.07. The molecule has 1 rings (SSSR count). The van der Waals surface area contributed by atoms with Crippen LogP contribution in [0.4, 0.5) is 0 Å². The van der Waals surface area contributed by atoms with Crippen LogP contribution < -0.4 is 0 Å². The molecule has 0 heterocycles. The summed E-state index contributed by atoms with van der Waals surface area (Å²) < 4.78 is 10.0. The molecule has 0 N–H and O–H groups in total. The number of carbonyl (C=O) groups is 2. The number of carbonyl (C=O) groups excluding carboxylic acids is 2. The van der Waals surface area contributed by atoms with E-state index in [1.54, 1.807) is 0 Å². The maximum atomic E-state index is 10.7. The van der Waals surface area contributed by atoms with Gasteiger partial charge in [0.15, 0.2) is 0 Å². The number of allylic oxidation sites excluding steroid dienone is 2. The lowest BCUT2D eigenvalue weighted by molar-refractivity contribution is -0.147. The van der Waals surface area contributed by atoms with E-state index < -0.39 is 0 Å². The Morgan fingerprint density at radius 1 is 1.00 bits per heavy atom. The van der Waals surface area contributed by atoms with Crippen LogP contribution in [0, 0.1) is 11.8 Å². The lowest BCUT2D eigenvalue weighted by atomic mass is 9.84. The molecule has 1 aliphatic carbocycles. The first kappa shape index (κ1) is 12.7. The molecule has 0 aliphatic heterocycles. The fourth-order valence-corrected chi connectivity index (χ4v) is 1.78. The maximum absolute atomic E-state index is 10.7. The number of ether oxygens (including phenoxy) is 2. The summed E-state index contributed by atoms with van der Waals surface area (Å²) in [5.74, 6) is -0.0110. The highest BCUT2D eigenvalue weighted by Gasteiger charge is 2.24. The molecule has 4 heteroatoms. The minimum absolute atomic E-state index is 0.258. The quantitative estimate of drug-likeness (QED) is 0.540. The van der Waals surface area contributed by atoms with Crippen molar-refractivity contribution in [2.75, 3.05) is 13.2 Å². The summed E-state index contributed by atoms with van der Waals surface area (Å²) in [6.45, 7) is 3.62. The highest BCUT2D eigenvalue weighted by atomic mass is 16.5. The van der Waals surface area contributed by atoms with Gasteiger partial charge in [-0.3, -0.25) is 9.59 Å². The summed E-state index contributed by atoms with van der Waals surface area (Å²) in [5.41, 5.74) is 0. The molecule has 0 aromatic heterocycles. The first-order valence-corrected chi connectivity index (χ1v) is 5.51. The Morgan fingerprint density at radius 3 is 1.69 bits per heavy atom. The number of hydrogen-bond acceptors (Lipinski definition) is 4. The van der Waals surface area contributed by atoms with Crippen LogP contribution in [0.1, 0.15) is 26.7 Å². The summed E-state index contributed by atoms with van der Waals surface area (Å²) in [7, 11) is 0. The summed E-state index contributed by atoms with van der Waals surface area (Å²) in [6.07, 6.45) is 5.91. The van der Waals surface area contributed by atoms with Gasteiger partial charge in [0.2, 0.25) is 0 Å². The van der Waals surface area contributed by atoms with E-state index in [1.807, 2.05) is 0 Å². The monoisotopic (exact) mass is 226 g/mol. The van der Waals surface area contributed by atoms with E-state index in [0.29, 0.717) is 13.2 Å². The number of esters is 2. The van der Waals surface area contributed by atoms with Gasteiger partial charge in [-0.2, -0.15) is 0 Å². The standard InChI is InChI=1S/C12H18O4/c1-9(13)15-7-11-5-3-4-6-12(11)8-16-10(2)14/h3-4,11-12H,5-8H2,1-2H3/t11-,12-/m1/s1. The van der Waals surface area contributed by atoms with Gasteiger partial charge >= 0.3 is 11.9 Å². The maximum Gasteiger partial charge on any atom is 0.302 e. The lowest BCUT2D eigenvalue weighted by Gasteiger charge is -2.27. The van der Waals surface area contributed by atoms with Gasteiger partial charge in [0.25, 0.3) is 0 Å². The largest absolute Gasteiger partial charge is 0.466 e. The average Bonchev–Trinajstić information content (AvgIpc) is 2.24. The van der Waals surface area contributed by atoms with E-state index in [2.05, 4.69) is 12.2 Å². The van der Waals surface area contributed by atoms with E-state index in [0.717, 1.165) is 12.8 Å². The van der Waals surface area contributed by atoms with Crippen molar-refractivity contribution in [2.24, 2.45) is 11.8 Å². The fraction of sp³-hybridized carbons (Fsp3) is 0.667. The van der Waals surface area contributed by atoms with Crippen molar-refractivity contribution >= 4 is 11.9 Å². The molecule has 0 saturated carbocycles. The second kappa shape index (κ2) is 6.30. The molecular formula is C12H18O4. The van der Waals surface area contributed by atoms with Crippen LogP contribution in [0.25, 0.3) is 0 Å². The molecule has 16 heavy (non-hydrogen) atoms. The number of rotatable bonds is 4. The van der Waals surface area contributed by atoms with Gasteiger partial charge in [-0.25, -0.2) is 0 Å². The van der Waals surface area contributed by atoms with Crippen molar-refractivity contribution < 1.29 is 19.1 Å². The predicted molar refractivity (Wildman–Crippen MR) is 58.6 cm³/mol. The highest BCUT2D eigenvalue weighted by Crippen LogP contribution is 2.26. The van der Waals surface area contributed by atoms with Crippen LogP contribution in [-0.2, 0) is 19.1 Å². The molecule has 0 unspecified atom stereocenters. The topological polar surface area (TPSA) is 52.6 Å². The highest BCUT2D eigenvalue weighted by molar-refractivity contribution is 5.66. The molecule has 0 radical (unpaired) electrons. The summed E-state index contributed by atoms with van der Waals surface area (Å²) in [4.78, 5) is 21.5. The van der Waals surface area contributed by atoms with Crippen LogP contribution in [0.5, 0.6) is 0 Å². The third-order valence-corrected chi connectivity index (χ3v) is 2.71. The van der Waals surface area contributed by atoms with Crippen molar-refractivity contribution in [1.82, 2.24) is 0 Å². The van der Waals surface area contributed by atoms with Crippen molar-refractivity contribution in [3.05, 3.63) is 12.2 Å². The summed E-state index contributed by atoms with van der Waals surface area (Å²) in [6, 6.07) is 0. The van der Waals surface area contributed by atoms with Crippen LogP contribution in [0.15, 0.2) is 12.2 Å². The molecule has 1 aliphatic rings. The molecule has 0 saturated heterocycles. The summed E-state index contributed by atoms with van der Waals surface area (Å²) in [5, 5.41) is 0. The SMILES string of the molecule is CC(=O)OC[C@H]1CC=CC[C@@H]1COC(C)=O. The third kappa shape index (κ3) is 4.47. The second-order valence-corrected chi connectivity index (χ2v) is 4.07. The van der Waals surface area contributed by atoms with E-state index in [-0.39, 0.29) is 23.8 Å². The van der Waals surface area contributed by atoms with E-state index in [1.165, 1.54) is 13.8 Å². The Morgan fingerprint density at radius 2 is 1.38 bits per heavy atom. The Labute approximate surface area is 95.6 Å². The molecule has 0 aromatic carbocycles. The molecule has 0 aromatic rings. The summed E-state index contributed by atoms with van der Waals surface area (Å²) >= 11 is 0. The minimum atomic E-state index is -0.263. The molecule has 0 amide bonds. The van der Waals surface area contributed by atoms with E-state index in [4.69, 9.17) is 9.47 Å². The molecule has 2 atom stereocenters. The Bertz CT molecular complexity index is 255. The van der Waals surface area contributed by atoms with Gasteiger partial charge in [-0.1, -0.05) is 12.2 Å². The van der Waals surface area contributed by atoms with Gasteiger partial charge in [0, 0.05) is 25.7 Å². The zero-order valence-electron chi connectivity index (χ0n) is 9.77. The fourth-order valence-electron chi connectivity index (χ4n) is 1.78. The minimum Gasteiger partial charge on any atom is -0.466 e. The van der Waals surface area contributed by atoms with E-state index in [9.17, 15) is 9.59 Å². The Kier molecular flexibility index (Phi) is 5.02. The third-order valence-electron chi connectivity index (χ3n) is 2.71. The normalized spacial score (nSPS) is 23.9. The average molecular weight is 226 g/mol. The van der Waals surface area contributed by atoms with Crippen LogP contribution in [0.2, 0.25) is 0 Å². The van der Waals surface area contributed by atoms with Gasteiger partial charge in [0.05, 0.1) is 13.2 Å². The predicted octanol–water partition coefficient (Wildman–Crippen LogP) is 1.70. The molecular weight excluding hydrogens is 208 g/mol. The number of hydrogen-bond donors (Lipinski definition) is 0. The van der Waals surface area contributed by atoms with Gasteiger partial charge in [-0.05, 0) is 12.8 Å². The molecule has 90 valence electrons. The van der Waals surface area contributed by atoms with Crippen molar-refractivity contribution in [1.29, 1.82) is 0 Å². The van der Waals surface area contributed by atoms with Gasteiger partial charge < -0.3 is 9.47 Å². The van der Waals surface area contributed by atoms with Gasteiger partial charge in [-0.15, -0.1) is 0 Å². The smallest absolute Gasteiger partial charge is 0.302 e. The van der Waals surface area contributed by atoms with Crippen LogP contribution in [0.3, 0.4) is 0 Å². The van der Waals surface area contributed by atoms with Crippen molar-refractivity contribution in [3.8, 4) is 0 Å². The first-order chi connectivity index (χ1) is 7.59. The zero-order valence-corrected chi connectivity index (χ0v) is 9.77. The molecule has 0 fully saturated rings. The Balaban J connectivity index is 2.41. The van der Waals surface area contributed by atoms with Crippen molar-refractivity contribution in [2.45, 2.75) is 26.7 Å². The molecule has 4 nitrogen and oxygen atoms in total. The van der Waals surface area contributed by atoms with Crippen molar-refractivity contribution in [3.63, 3.8) is 0 Å². The zero-order chi connectivity index (χ0) is 12.0. The molecule has 0 bridgehead atoms. The molecule has 0 spiro atoms. The van der Waals surface area contributed by atoms with Crippen LogP contribution >= 0.6 is 0 Å². The van der Waals surface area contributed by atoms with Gasteiger partial charge in [0.1, 0.15) is 0 Å². The Hall–Kier alpha value is -1.32. The lowest BCUT2D eigenvalue weighted by Crippen LogP contribution is -2.27. The first-order valence-electron chi connectivity index (χ1n) is 5.51. The van der Waals surface area contributed by atoms with Crippen LogP contribution in [-0.4, -0.2) is 25.2 Å². The van der Waals surface area contributed by atoms with E-state index >= 15 is 0 Å².